The van der Waals surface area contributed by atoms with Gasteiger partial charge in [0.2, 0.25) is 10.0 Å². The van der Waals surface area contributed by atoms with Gasteiger partial charge in [-0.15, -0.1) is 0 Å². The van der Waals surface area contributed by atoms with Gasteiger partial charge in [-0.2, -0.15) is 5.26 Å². The topological polar surface area (TPSA) is 82.0 Å². The molecule has 0 heterocycles. The molecule has 20 heavy (non-hydrogen) atoms. The fraction of sp³-hybridized carbons (Fsp3) is 0.462. The maximum atomic E-state index is 12.1. The standard InChI is InChI=1S/C13H16ClN3O2S/c14-12-8-10(9-15)2-5-13(12)20(18,19)17-7-1-6-16-11-3-4-11/h2,5,8,11,16-17H,1,3-4,6-7H2. The molecule has 1 aliphatic carbocycles. The molecule has 1 aromatic rings. The number of nitrogens with one attached hydrogen (secondary N) is 2. The molecule has 1 aromatic carbocycles. The Morgan fingerprint density at radius 3 is 2.70 bits per heavy atom. The summed E-state index contributed by atoms with van der Waals surface area (Å²) >= 11 is 5.90. The summed E-state index contributed by atoms with van der Waals surface area (Å²) in [6.45, 7) is 1.16. The van der Waals surface area contributed by atoms with E-state index in [4.69, 9.17) is 16.9 Å². The van der Waals surface area contributed by atoms with Crippen molar-refractivity contribution in [3.63, 3.8) is 0 Å². The third kappa shape index (κ3) is 4.18. The molecule has 0 unspecified atom stereocenters. The van der Waals surface area contributed by atoms with Gasteiger partial charge in [-0.25, -0.2) is 13.1 Å². The lowest BCUT2D eigenvalue weighted by Crippen LogP contribution is -2.28. The van der Waals surface area contributed by atoms with Gasteiger partial charge in [0.15, 0.2) is 0 Å². The zero-order valence-corrected chi connectivity index (χ0v) is 12.5. The van der Waals surface area contributed by atoms with Gasteiger partial charge in [-0.3, -0.25) is 0 Å². The van der Waals surface area contributed by atoms with Gasteiger partial charge in [0.25, 0.3) is 0 Å². The Hall–Kier alpha value is -1.13. The molecule has 0 atom stereocenters. The monoisotopic (exact) mass is 313 g/mol. The van der Waals surface area contributed by atoms with Crippen LogP contribution in [0.25, 0.3) is 0 Å². The number of hydrogen-bond donors (Lipinski definition) is 2. The van der Waals surface area contributed by atoms with E-state index in [0.29, 0.717) is 18.2 Å². The molecule has 0 spiro atoms. The zero-order valence-electron chi connectivity index (χ0n) is 10.9. The first kappa shape index (κ1) is 15.3. The molecule has 5 nitrogen and oxygen atoms in total. The first-order valence-electron chi connectivity index (χ1n) is 6.45. The minimum absolute atomic E-state index is 0.00770. The maximum Gasteiger partial charge on any atom is 0.242 e. The number of rotatable bonds is 7. The van der Waals surface area contributed by atoms with Crippen molar-refractivity contribution in [1.82, 2.24) is 10.0 Å². The van der Waals surface area contributed by atoms with Gasteiger partial charge in [0, 0.05) is 12.6 Å². The van der Waals surface area contributed by atoms with Crippen LogP contribution in [-0.2, 0) is 10.0 Å². The van der Waals surface area contributed by atoms with E-state index in [1.807, 2.05) is 6.07 Å². The Morgan fingerprint density at radius 1 is 1.35 bits per heavy atom. The lowest BCUT2D eigenvalue weighted by atomic mass is 10.2. The minimum Gasteiger partial charge on any atom is -0.314 e. The van der Waals surface area contributed by atoms with E-state index in [9.17, 15) is 8.42 Å². The minimum atomic E-state index is -3.62. The Balaban J connectivity index is 1.90. The average molecular weight is 314 g/mol. The number of sulfonamides is 1. The second kappa shape index (κ2) is 6.55. The lowest BCUT2D eigenvalue weighted by molar-refractivity contribution is 0.573. The molecule has 1 aliphatic rings. The molecule has 1 fully saturated rings. The van der Waals surface area contributed by atoms with Crippen LogP contribution >= 0.6 is 11.6 Å². The average Bonchev–Trinajstić information content (AvgIpc) is 3.21. The molecule has 7 heteroatoms. The molecule has 0 aromatic heterocycles. The van der Waals surface area contributed by atoms with E-state index >= 15 is 0 Å². The molecule has 0 aliphatic heterocycles. The largest absolute Gasteiger partial charge is 0.314 e. The summed E-state index contributed by atoms with van der Waals surface area (Å²) in [7, 11) is -3.62. The van der Waals surface area contributed by atoms with E-state index in [2.05, 4.69) is 10.0 Å². The fourth-order valence-electron chi connectivity index (χ4n) is 1.75. The molecule has 0 saturated heterocycles. The molecule has 0 bridgehead atoms. The van der Waals surface area contributed by atoms with Crippen LogP contribution in [0.3, 0.4) is 0 Å². The van der Waals surface area contributed by atoms with Crippen LogP contribution < -0.4 is 10.0 Å². The number of benzene rings is 1. The van der Waals surface area contributed by atoms with Crippen LogP contribution in [0.1, 0.15) is 24.8 Å². The maximum absolute atomic E-state index is 12.1. The Bertz CT molecular complexity index is 621. The first-order chi connectivity index (χ1) is 9.53. The SMILES string of the molecule is N#Cc1ccc(S(=O)(=O)NCCCNC2CC2)c(Cl)c1. The highest BCUT2D eigenvalue weighted by molar-refractivity contribution is 7.89. The van der Waals surface area contributed by atoms with Crippen LogP contribution in [-0.4, -0.2) is 27.5 Å². The van der Waals surface area contributed by atoms with Crippen molar-refractivity contribution < 1.29 is 8.42 Å². The molecule has 2 rings (SSSR count). The normalized spacial score (nSPS) is 15.0. The summed E-state index contributed by atoms with van der Waals surface area (Å²) < 4.78 is 26.6. The van der Waals surface area contributed by atoms with Crippen LogP contribution in [0.4, 0.5) is 0 Å². The summed E-state index contributed by atoms with van der Waals surface area (Å²) in [5.74, 6) is 0. The van der Waals surface area contributed by atoms with E-state index in [1.54, 1.807) is 0 Å². The summed E-state index contributed by atoms with van der Waals surface area (Å²) in [6.07, 6.45) is 3.16. The first-order valence-corrected chi connectivity index (χ1v) is 8.32. The third-order valence-corrected chi connectivity index (χ3v) is 4.95. The lowest BCUT2D eigenvalue weighted by Gasteiger charge is -2.08. The number of hydrogen-bond acceptors (Lipinski definition) is 4. The number of nitrogens with zero attached hydrogens (tertiary/aromatic N) is 1. The van der Waals surface area contributed by atoms with Crippen LogP contribution in [0.15, 0.2) is 23.1 Å². The van der Waals surface area contributed by atoms with Crippen molar-refractivity contribution >= 4 is 21.6 Å². The quantitative estimate of drug-likeness (QED) is 0.750. The predicted octanol–water partition coefficient (Wildman–Crippen LogP) is 1.63. The summed E-state index contributed by atoms with van der Waals surface area (Å²) in [5.41, 5.74) is 0.336. The molecule has 0 radical (unpaired) electrons. The second-order valence-electron chi connectivity index (χ2n) is 4.74. The van der Waals surface area contributed by atoms with Crippen molar-refractivity contribution in [3.05, 3.63) is 28.8 Å². The van der Waals surface area contributed by atoms with Gasteiger partial charge in [-0.1, -0.05) is 11.6 Å². The highest BCUT2D eigenvalue weighted by Gasteiger charge is 2.20. The highest BCUT2D eigenvalue weighted by Crippen LogP contribution is 2.22. The fourth-order valence-corrected chi connectivity index (χ4v) is 3.37. The Morgan fingerprint density at radius 2 is 2.10 bits per heavy atom. The van der Waals surface area contributed by atoms with E-state index in [1.165, 1.54) is 31.0 Å². The van der Waals surface area contributed by atoms with Crippen molar-refractivity contribution in [2.45, 2.75) is 30.2 Å². The van der Waals surface area contributed by atoms with Gasteiger partial charge in [-0.05, 0) is 44.0 Å². The van der Waals surface area contributed by atoms with E-state index in [0.717, 1.165) is 13.0 Å². The van der Waals surface area contributed by atoms with Crippen molar-refractivity contribution in [1.29, 1.82) is 5.26 Å². The van der Waals surface area contributed by atoms with E-state index in [-0.39, 0.29) is 9.92 Å². The predicted molar refractivity (Wildman–Crippen MR) is 77.0 cm³/mol. The van der Waals surface area contributed by atoms with Gasteiger partial charge >= 0.3 is 0 Å². The third-order valence-electron chi connectivity index (χ3n) is 3.01. The zero-order chi connectivity index (χ0) is 14.6. The summed E-state index contributed by atoms with van der Waals surface area (Å²) in [6, 6.07) is 6.68. The van der Waals surface area contributed by atoms with Crippen LogP contribution in [0.2, 0.25) is 5.02 Å². The van der Waals surface area contributed by atoms with Crippen molar-refractivity contribution in [2.24, 2.45) is 0 Å². The van der Waals surface area contributed by atoms with Crippen molar-refractivity contribution in [2.75, 3.05) is 13.1 Å². The molecule has 2 N–H and O–H groups in total. The van der Waals surface area contributed by atoms with Gasteiger partial charge in [0.05, 0.1) is 16.7 Å². The Labute approximate surface area is 124 Å². The molecular formula is C13H16ClN3O2S. The van der Waals surface area contributed by atoms with Crippen LogP contribution in [0, 0.1) is 11.3 Å². The summed E-state index contributed by atoms with van der Waals surface area (Å²) in [5, 5.41) is 12.1. The smallest absolute Gasteiger partial charge is 0.242 e. The van der Waals surface area contributed by atoms with Crippen molar-refractivity contribution in [3.8, 4) is 6.07 Å². The number of halogens is 1. The van der Waals surface area contributed by atoms with Crippen LogP contribution in [0.5, 0.6) is 0 Å². The Kier molecular flexibility index (Phi) is 5.00. The summed E-state index contributed by atoms with van der Waals surface area (Å²) in [4.78, 5) is 0.00770. The second-order valence-corrected chi connectivity index (χ2v) is 6.88. The number of nitriles is 1. The molecular weight excluding hydrogens is 298 g/mol. The van der Waals surface area contributed by atoms with E-state index < -0.39 is 10.0 Å². The molecule has 0 amide bonds. The molecule has 1 saturated carbocycles. The van der Waals surface area contributed by atoms with Gasteiger partial charge in [0.1, 0.15) is 4.90 Å². The molecule has 108 valence electrons. The highest BCUT2D eigenvalue weighted by atomic mass is 35.5. The van der Waals surface area contributed by atoms with Gasteiger partial charge < -0.3 is 5.32 Å².